The van der Waals surface area contributed by atoms with Crippen molar-refractivity contribution < 1.29 is 0 Å². The van der Waals surface area contributed by atoms with Gasteiger partial charge in [0.15, 0.2) is 0 Å². The molecule has 0 spiro atoms. The Balaban J connectivity index is 0.881. The summed E-state index contributed by atoms with van der Waals surface area (Å²) < 4.78 is 0. The normalized spacial score (nSPS) is 11.1. The molecule has 1 nitrogen and oxygen atoms in total. The van der Waals surface area contributed by atoms with Crippen LogP contribution in [-0.4, -0.2) is 0 Å². The van der Waals surface area contributed by atoms with Gasteiger partial charge in [-0.3, -0.25) is 0 Å². The number of rotatable bonds is 12. The molecule has 1 heteroatoms. The number of nitrogens with zero attached hydrogens (tertiary/aromatic N) is 1. The number of benzene rings is 13. The van der Waals surface area contributed by atoms with Crippen LogP contribution in [0.1, 0.15) is 0 Å². The summed E-state index contributed by atoms with van der Waals surface area (Å²) in [5.41, 5.74) is 24.8. The summed E-state index contributed by atoms with van der Waals surface area (Å²) in [5.74, 6) is 0. The highest BCUT2D eigenvalue weighted by Crippen LogP contribution is 2.44. The molecule has 0 N–H and O–H groups in total. The first-order chi connectivity index (χ1) is 38.2. The second-order valence-electron chi connectivity index (χ2n) is 19.5. The van der Waals surface area contributed by atoms with Crippen LogP contribution in [0.15, 0.2) is 322 Å². The summed E-state index contributed by atoms with van der Waals surface area (Å²) >= 11 is 0. The van der Waals surface area contributed by atoms with Crippen molar-refractivity contribution in [1.29, 1.82) is 0 Å². The van der Waals surface area contributed by atoms with Gasteiger partial charge in [-0.2, -0.15) is 0 Å². The number of hydrogen-bond donors (Lipinski definition) is 0. The molecule has 0 saturated carbocycles. The first kappa shape index (κ1) is 46.7. The average molecular weight is 980 g/mol. The Morgan fingerprint density at radius 2 is 0.416 bits per heavy atom. The largest absolute Gasteiger partial charge is 0.311 e. The van der Waals surface area contributed by atoms with E-state index in [1.54, 1.807) is 0 Å². The second-order valence-corrected chi connectivity index (χ2v) is 19.5. The van der Waals surface area contributed by atoms with Gasteiger partial charge in [0.05, 0.1) is 0 Å². The molecule has 0 bridgehead atoms. The van der Waals surface area contributed by atoms with Crippen LogP contribution in [0.5, 0.6) is 0 Å². The average Bonchev–Trinajstić information content (AvgIpc) is 3.52. The van der Waals surface area contributed by atoms with Crippen LogP contribution in [0, 0.1) is 0 Å². The molecule has 0 unspecified atom stereocenters. The topological polar surface area (TPSA) is 3.24 Å². The maximum Gasteiger partial charge on any atom is 0.0462 e. The van der Waals surface area contributed by atoms with Crippen molar-refractivity contribution in [3.05, 3.63) is 322 Å². The molecular weight excluding hydrogens is 927 g/mol. The van der Waals surface area contributed by atoms with E-state index in [1.807, 2.05) is 0 Å². The third-order valence-corrected chi connectivity index (χ3v) is 15.0. The molecule has 0 fully saturated rings. The predicted octanol–water partition coefficient (Wildman–Crippen LogP) is 21.3. The number of anilines is 3. The first-order valence-electron chi connectivity index (χ1n) is 26.5. The van der Waals surface area contributed by atoms with Crippen molar-refractivity contribution in [1.82, 2.24) is 0 Å². The highest BCUT2D eigenvalue weighted by atomic mass is 15.1. The van der Waals surface area contributed by atoms with Crippen molar-refractivity contribution in [2.24, 2.45) is 0 Å². The molecule has 13 rings (SSSR count). The van der Waals surface area contributed by atoms with Gasteiger partial charge in [0.1, 0.15) is 0 Å². The van der Waals surface area contributed by atoms with E-state index >= 15 is 0 Å². The van der Waals surface area contributed by atoms with Crippen LogP contribution in [0.3, 0.4) is 0 Å². The second kappa shape index (κ2) is 21.0. The molecule has 13 aromatic carbocycles. The minimum atomic E-state index is 1.07. The molecule has 0 aliphatic carbocycles. The Kier molecular flexibility index (Phi) is 12.8. The van der Waals surface area contributed by atoms with E-state index < -0.39 is 0 Å². The lowest BCUT2D eigenvalue weighted by Crippen LogP contribution is -2.09. The summed E-state index contributed by atoms with van der Waals surface area (Å²) in [5, 5.41) is 2.50. The molecule has 13 aromatic rings. The predicted molar refractivity (Wildman–Crippen MR) is 328 cm³/mol. The minimum Gasteiger partial charge on any atom is -0.311 e. The standard InChI is InChI=1S/C76H53N/c1-4-21-55(22-5-1)66-31-10-14-35-72(66)74-37-16-12-33-68(74)58-43-49-64(50-44-58)77(65-51-45-59(46-52-65)69-34-13-17-38-75(69)73-36-15-11-32-67(73)56-23-6-2-7-24-56)63-47-41-54(42-48-63)61-29-18-30-62(53-61)71-40-20-28-60-27-19-39-70(76(60)71)57-25-8-3-9-26-57/h1-53H. The molecule has 0 saturated heterocycles. The molecular formula is C76H53N. The monoisotopic (exact) mass is 979 g/mol. The molecule has 0 amide bonds. The van der Waals surface area contributed by atoms with E-state index in [0.717, 1.165) is 33.8 Å². The Morgan fingerprint density at radius 1 is 0.156 bits per heavy atom. The van der Waals surface area contributed by atoms with Crippen molar-refractivity contribution in [2.75, 3.05) is 4.90 Å². The highest BCUT2D eigenvalue weighted by Gasteiger charge is 2.19. The Morgan fingerprint density at radius 3 is 0.805 bits per heavy atom. The quantitative estimate of drug-likeness (QED) is 0.118. The maximum absolute atomic E-state index is 2.38. The van der Waals surface area contributed by atoms with Crippen molar-refractivity contribution in [2.45, 2.75) is 0 Å². The molecule has 362 valence electrons. The van der Waals surface area contributed by atoms with Gasteiger partial charge in [0.25, 0.3) is 0 Å². The minimum absolute atomic E-state index is 1.07. The van der Waals surface area contributed by atoms with Gasteiger partial charge < -0.3 is 4.90 Å². The lowest BCUT2D eigenvalue weighted by molar-refractivity contribution is 1.28. The molecule has 0 aliphatic rings. The maximum atomic E-state index is 2.38. The Labute approximate surface area is 452 Å². The molecule has 0 aliphatic heterocycles. The SMILES string of the molecule is c1ccc(-c2ccccc2-c2ccccc2-c2ccc(N(c3ccc(-c4cccc(-c5cccc6cccc(-c7ccccc7)c56)c4)cc3)c3ccc(-c4ccccc4-c4ccccc4-c4ccccc4)cc3)cc2)cc1. The van der Waals surface area contributed by atoms with Crippen LogP contribution in [0.25, 0.3) is 111 Å². The van der Waals surface area contributed by atoms with Gasteiger partial charge in [-0.15, -0.1) is 0 Å². The Hall–Kier alpha value is -10.1. The van der Waals surface area contributed by atoms with E-state index in [2.05, 4.69) is 326 Å². The lowest BCUT2D eigenvalue weighted by atomic mass is 9.89. The van der Waals surface area contributed by atoms with Gasteiger partial charge >= 0.3 is 0 Å². The summed E-state index contributed by atoms with van der Waals surface area (Å²) in [6.07, 6.45) is 0. The van der Waals surface area contributed by atoms with Crippen LogP contribution in [0.4, 0.5) is 17.1 Å². The lowest BCUT2D eigenvalue weighted by Gasteiger charge is -2.26. The van der Waals surface area contributed by atoms with E-state index in [4.69, 9.17) is 0 Å². The van der Waals surface area contributed by atoms with Crippen molar-refractivity contribution >= 4 is 27.8 Å². The van der Waals surface area contributed by atoms with E-state index in [0.29, 0.717) is 0 Å². The summed E-state index contributed by atoms with van der Waals surface area (Å²) in [4.78, 5) is 2.38. The molecule has 0 atom stereocenters. The van der Waals surface area contributed by atoms with Crippen LogP contribution in [0.2, 0.25) is 0 Å². The number of hydrogen-bond acceptors (Lipinski definition) is 1. The van der Waals surface area contributed by atoms with E-state index in [-0.39, 0.29) is 0 Å². The van der Waals surface area contributed by atoms with Crippen molar-refractivity contribution in [3.63, 3.8) is 0 Å². The van der Waals surface area contributed by atoms with Crippen LogP contribution in [-0.2, 0) is 0 Å². The zero-order chi connectivity index (χ0) is 51.3. The summed E-state index contributed by atoms with van der Waals surface area (Å²) in [6, 6.07) is 117. The zero-order valence-corrected chi connectivity index (χ0v) is 42.5. The molecule has 0 radical (unpaired) electrons. The van der Waals surface area contributed by atoms with E-state index in [1.165, 1.54) is 94.2 Å². The van der Waals surface area contributed by atoms with Gasteiger partial charge in [0, 0.05) is 17.1 Å². The van der Waals surface area contributed by atoms with Crippen LogP contribution < -0.4 is 4.90 Å². The summed E-state index contributed by atoms with van der Waals surface area (Å²) in [7, 11) is 0. The third kappa shape index (κ3) is 9.33. The van der Waals surface area contributed by atoms with Gasteiger partial charge in [0.2, 0.25) is 0 Å². The fourth-order valence-corrected chi connectivity index (χ4v) is 11.3. The van der Waals surface area contributed by atoms with Crippen molar-refractivity contribution in [3.8, 4) is 100 Å². The van der Waals surface area contributed by atoms with Crippen LogP contribution >= 0.6 is 0 Å². The third-order valence-electron chi connectivity index (χ3n) is 15.0. The van der Waals surface area contributed by atoms with Gasteiger partial charge in [-0.05, 0) is 153 Å². The van der Waals surface area contributed by atoms with Gasteiger partial charge in [-0.25, -0.2) is 0 Å². The smallest absolute Gasteiger partial charge is 0.0462 e. The van der Waals surface area contributed by atoms with E-state index in [9.17, 15) is 0 Å². The molecule has 77 heavy (non-hydrogen) atoms. The Bertz CT molecular complexity index is 3990. The molecule has 0 aromatic heterocycles. The summed E-state index contributed by atoms with van der Waals surface area (Å²) in [6.45, 7) is 0. The highest BCUT2D eigenvalue weighted by molar-refractivity contribution is 6.07. The zero-order valence-electron chi connectivity index (χ0n) is 42.5. The number of fused-ring (bicyclic) bond motifs is 1. The van der Waals surface area contributed by atoms with Gasteiger partial charge in [-0.1, -0.05) is 279 Å². The first-order valence-corrected chi connectivity index (χ1v) is 26.5. The fourth-order valence-electron chi connectivity index (χ4n) is 11.3. The molecule has 0 heterocycles. The fraction of sp³-hybridized carbons (Fsp3) is 0.